The van der Waals surface area contributed by atoms with Crippen LogP contribution < -0.4 is 30.7 Å². The number of unbranched alkanes of at least 4 members (excludes halogenated alkanes) is 6. The third-order valence-corrected chi connectivity index (χ3v) is 15.4. The number of thiazole rings is 1. The van der Waals surface area contributed by atoms with Crippen molar-refractivity contribution < 1.29 is 29.0 Å². The van der Waals surface area contributed by atoms with E-state index in [1.54, 1.807) is 36.9 Å². The van der Waals surface area contributed by atoms with Crippen molar-refractivity contribution in [2.24, 2.45) is 5.41 Å². The zero-order valence-electron chi connectivity index (χ0n) is 43.1. The topological polar surface area (TPSA) is 180 Å². The van der Waals surface area contributed by atoms with E-state index in [2.05, 4.69) is 73.9 Å². The van der Waals surface area contributed by atoms with Gasteiger partial charge in [0.05, 0.1) is 48.0 Å². The summed E-state index contributed by atoms with van der Waals surface area (Å²) >= 11 is 3.32. The number of aliphatic hydroxyl groups is 1. The van der Waals surface area contributed by atoms with Gasteiger partial charge in [-0.3, -0.25) is 14.4 Å². The standard InChI is InChI=1S/C56H72N8O6S2/c1-35(60-53-44-28-47(69-7)48(70-8)29-45(44)61-37(3)62-53)49-26-41(33-71-49)43-19-16-15-18-40(43)31-57-25-17-13-11-9-10-12-14-20-50(66)63-52(56(4,5)6)55(68)64-32-42(65)27-46(64)54(67)58-30-38-21-23-39(24-22-38)51-36(2)59-34-72-51/h15-16,18-19,21-24,26,28-29,33-35,42,46,52,57,65H,9-14,17,20,25,27,30-32H2,1-8H3,(H,58,67)(H,63,66)(H,60,61,62)/t35-,42-,46+,52-/m1/s1. The van der Waals surface area contributed by atoms with E-state index in [1.165, 1.54) is 26.5 Å². The lowest BCUT2D eigenvalue weighted by atomic mass is 9.85. The smallest absolute Gasteiger partial charge is 0.246 e. The Morgan fingerprint density at radius 3 is 2.28 bits per heavy atom. The second-order valence-electron chi connectivity index (χ2n) is 20.0. The normalized spacial score (nSPS) is 15.6. The minimum absolute atomic E-state index is 0.0120. The Hall–Kier alpha value is -5.94. The number of benzene rings is 3. The highest BCUT2D eigenvalue weighted by atomic mass is 32.1. The molecule has 5 N–H and O–H groups in total. The Balaban J connectivity index is 0.790. The lowest BCUT2D eigenvalue weighted by Crippen LogP contribution is -2.57. The molecule has 72 heavy (non-hydrogen) atoms. The average molecular weight is 1020 g/mol. The molecule has 0 saturated carbocycles. The molecule has 3 amide bonds. The van der Waals surface area contributed by atoms with E-state index in [9.17, 15) is 19.5 Å². The first-order chi connectivity index (χ1) is 34.6. The Morgan fingerprint density at radius 2 is 1.57 bits per heavy atom. The van der Waals surface area contributed by atoms with Gasteiger partial charge in [-0.05, 0) is 90.9 Å². The molecule has 0 aliphatic carbocycles. The number of fused-ring (bicyclic) bond motifs is 1. The maximum absolute atomic E-state index is 14.1. The fourth-order valence-corrected chi connectivity index (χ4v) is 11.0. The first-order valence-corrected chi connectivity index (χ1v) is 27.0. The molecular weight excluding hydrogens is 945 g/mol. The molecule has 1 aliphatic rings. The zero-order chi connectivity index (χ0) is 51.4. The number of nitrogens with one attached hydrogen (secondary N) is 4. The van der Waals surface area contributed by atoms with Crippen LogP contribution in [0.4, 0.5) is 5.82 Å². The van der Waals surface area contributed by atoms with E-state index in [4.69, 9.17) is 14.5 Å². The molecule has 0 spiro atoms. The van der Waals surface area contributed by atoms with E-state index in [0.717, 1.165) is 96.5 Å². The predicted molar refractivity (Wildman–Crippen MR) is 289 cm³/mol. The number of rotatable bonds is 24. The van der Waals surface area contributed by atoms with Crippen LogP contribution in [0.25, 0.3) is 32.5 Å². The predicted octanol–water partition coefficient (Wildman–Crippen LogP) is 10.3. The molecule has 1 fully saturated rings. The summed E-state index contributed by atoms with van der Waals surface area (Å²) in [5, 5.41) is 27.0. The van der Waals surface area contributed by atoms with Crippen LogP contribution in [0, 0.1) is 19.3 Å². The van der Waals surface area contributed by atoms with Crippen molar-refractivity contribution in [3.63, 3.8) is 0 Å². The number of aliphatic hydroxyl groups excluding tert-OH is 1. The molecule has 6 aromatic rings. The van der Waals surface area contributed by atoms with Crippen molar-refractivity contribution in [1.29, 1.82) is 0 Å². The maximum atomic E-state index is 14.1. The minimum Gasteiger partial charge on any atom is -0.493 e. The molecule has 3 aromatic carbocycles. The highest BCUT2D eigenvalue weighted by Gasteiger charge is 2.44. The van der Waals surface area contributed by atoms with Crippen LogP contribution in [0.5, 0.6) is 11.5 Å². The number of hydrogen-bond donors (Lipinski definition) is 5. The highest BCUT2D eigenvalue weighted by Crippen LogP contribution is 2.37. The van der Waals surface area contributed by atoms with E-state index in [-0.39, 0.29) is 36.7 Å². The summed E-state index contributed by atoms with van der Waals surface area (Å²) in [4.78, 5) is 58.3. The van der Waals surface area contributed by atoms with Gasteiger partial charge < -0.3 is 40.7 Å². The molecule has 4 heterocycles. The highest BCUT2D eigenvalue weighted by molar-refractivity contribution is 7.13. The van der Waals surface area contributed by atoms with Crippen molar-refractivity contribution in [2.45, 2.75) is 137 Å². The number of thiophene rings is 1. The fourth-order valence-electron chi connectivity index (χ4n) is 9.29. The van der Waals surface area contributed by atoms with Crippen LogP contribution >= 0.6 is 22.7 Å². The van der Waals surface area contributed by atoms with Gasteiger partial charge in [-0.15, -0.1) is 22.7 Å². The van der Waals surface area contributed by atoms with Crippen molar-refractivity contribution >= 4 is 57.1 Å². The minimum atomic E-state index is -0.838. The van der Waals surface area contributed by atoms with Crippen LogP contribution in [0.3, 0.4) is 0 Å². The van der Waals surface area contributed by atoms with Crippen molar-refractivity contribution in [1.82, 2.24) is 35.8 Å². The second kappa shape index (κ2) is 25.1. The molecule has 0 radical (unpaired) electrons. The molecule has 1 saturated heterocycles. The zero-order valence-corrected chi connectivity index (χ0v) is 44.7. The lowest BCUT2D eigenvalue weighted by molar-refractivity contribution is -0.144. The summed E-state index contributed by atoms with van der Waals surface area (Å²) in [6.07, 6.45) is 6.84. The van der Waals surface area contributed by atoms with Crippen LogP contribution in [-0.4, -0.2) is 88.2 Å². The Morgan fingerprint density at radius 1 is 0.861 bits per heavy atom. The molecule has 0 unspecified atom stereocenters. The summed E-state index contributed by atoms with van der Waals surface area (Å²) in [6, 6.07) is 21.0. The van der Waals surface area contributed by atoms with Gasteiger partial charge in [0.25, 0.3) is 0 Å². The third kappa shape index (κ3) is 14.0. The number of aromatic nitrogens is 3. The van der Waals surface area contributed by atoms with Crippen LogP contribution in [0.15, 0.2) is 77.6 Å². The number of β-amino-alcohol motifs (C(OH)–C–C–N with tert-alkyl or cyclic N) is 1. The number of carbonyl (C=O) groups excluding carboxylic acids is 3. The SMILES string of the molecule is COc1cc2nc(C)nc(N[C@H](C)c3cc(-c4ccccc4CNCCCCCCCCCC(=O)N[C@H](C(=O)N4C[C@H](O)C[C@H]4C(=O)NCc4ccc(-c5scnc5C)cc4)C(C)(C)C)cs3)c2cc1OC. The molecule has 16 heteroatoms. The lowest BCUT2D eigenvalue weighted by Gasteiger charge is -2.35. The van der Waals surface area contributed by atoms with Gasteiger partial charge in [0.2, 0.25) is 17.7 Å². The maximum Gasteiger partial charge on any atom is 0.246 e. The first kappa shape index (κ1) is 53.8. The van der Waals surface area contributed by atoms with Crippen molar-refractivity contribution in [3.8, 4) is 33.1 Å². The summed E-state index contributed by atoms with van der Waals surface area (Å²) in [5.41, 5.74) is 8.68. The van der Waals surface area contributed by atoms with E-state index >= 15 is 0 Å². The first-order valence-electron chi connectivity index (χ1n) is 25.2. The van der Waals surface area contributed by atoms with Gasteiger partial charge in [-0.2, -0.15) is 0 Å². The van der Waals surface area contributed by atoms with Crippen LogP contribution in [-0.2, 0) is 27.5 Å². The van der Waals surface area contributed by atoms with E-state index < -0.39 is 23.6 Å². The number of hydrogen-bond acceptors (Lipinski definition) is 13. The molecule has 0 bridgehead atoms. The third-order valence-electron chi connectivity index (χ3n) is 13.3. The summed E-state index contributed by atoms with van der Waals surface area (Å²) in [5.74, 6) is 1.84. The van der Waals surface area contributed by atoms with Gasteiger partial charge in [-0.1, -0.05) is 101 Å². The number of likely N-dealkylation sites (tertiary alicyclic amines) is 1. The summed E-state index contributed by atoms with van der Waals surface area (Å²) < 4.78 is 11.1. The molecule has 4 atom stereocenters. The molecular formula is C56H72N8O6S2. The molecule has 3 aromatic heterocycles. The molecule has 1 aliphatic heterocycles. The van der Waals surface area contributed by atoms with Crippen LogP contribution in [0.2, 0.25) is 0 Å². The van der Waals surface area contributed by atoms with Gasteiger partial charge in [0.15, 0.2) is 11.5 Å². The van der Waals surface area contributed by atoms with Crippen molar-refractivity contribution in [2.75, 3.05) is 32.6 Å². The molecule has 7 rings (SSSR count). The quantitative estimate of drug-likeness (QED) is 0.0364. The van der Waals surface area contributed by atoms with Crippen molar-refractivity contribution in [3.05, 3.63) is 105 Å². The molecule has 384 valence electrons. The van der Waals surface area contributed by atoms with Crippen LogP contribution in [0.1, 0.15) is 119 Å². The Bertz CT molecular complexity index is 2770. The average Bonchev–Trinajstić information content (AvgIpc) is 4.14. The van der Waals surface area contributed by atoms with E-state index in [1.807, 2.05) is 76.5 Å². The number of aryl methyl sites for hydroxylation is 2. The van der Waals surface area contributed by atoms with Gasteiger partial charge >= 0.3 is 0 Å². The number of amides is 3. The van der Waals surface area contributed by atoms with E-state index in [0.29, 0.717) is 30.3 Å². The second-order valence-corrected chi connectivity index (χ2v) is 21.7. The van der Waals surface area contributed by atoms with Gasteiger partial charge in [0, 0.05) is 48.8 Å². The Kier molecular flexibility index (Phi) is 18.8. The summed E-state index contributed by atoms with van der Waals surface area (Å²) in [7, 11) is 3.25. The monoisotopic (exact) mass is 1020 g/mol. The number of carbonyl (C=O) groups is 3. The van der Waals surface area contributed by atoms with Gasteiger partial charge in [-0.25, -0.2) is 15.0 Å². The fraction of sp³-hybridized carbons (Fsp3) is 0.464. The summed E-state index contributed by atoms with van der Waals surface area (Å²) in [6.45, 7) is 13.8. The number of ether oxygens (including phenoxy) is 2. The van der Waals surface area contributed by atoms with Gasteiger partial charge in [0.1, 0.15) is 23.7 Å². The number of anilines is 1. The number of methoxy groups -OCH3 is 2. The number of nitrogens with zero attached hydrogens (tertiary/aromatic N) is 4. The largest absolute Gasteiger partial charge is 0.493 e. The Labute approximate surface area is 432 Å². The molecule has 14 nitrogen and oxygen atoms in total.